The molecule has 0 amide bonds. The number of benzene rings is 4. The number of hydrogen-bond acceptors (Lipinski definition) is 3. The third kappa shape index (κ3) is 3.88. The minimum atomic E-state index is -0.362. The average molecular weight is 466 g/mol. The zero-order valence-electron chi connectivity index (χ0n) is 20.2. The Kier molecular flexibility index (Phi) is 5.69. The van der Waals surface area contributed by atoms with Crippen LogP contribution < -0.4 is 5.32 Å². The minimum absolute atomic E-state index is 0.0470. The number of hydrogen-bond donors (Lipinski definition) is 2. The number of nitrogens with one attached hydrogen (secondary N) is 1. The van der Waals surface area contributed by atoms with Gasteiger partial charge < -0.3 is 10.4 Å². The van der Waals surface area contributed by atoms with Gasteiger partial charge in [0.25, 0.3) is 0 Å². The van der Waals surface area contributed by atoms with Crippen molar-refractivity contribution in [2.75, 3.05) is 5.32 Å². The highest BCUT2D eigenvalue weighted by molar-refractivity contribution is 8.00. The van der Waals surface area contributed by atoms with Crippen molar-refractivity contribution in [3.63, 3.8) is 0 Å². The quantitative estimate of drug-likeness (QED) is 0.311. The summed E-state index contributed by atoms with van der Waals surface area (Å²) < 4.78 is 0. The van der Waals surface area contributed by atoms with Crippen LogP contribution in [0, 0.1) is 0 Å². The molecule has 0 aliphatic carbocycles. The van der Waals surface area contributed by atoms with E-state index in [4.69, 9.17) is 0 Å². The molecule has 0 fully saturated rings. The molecular formula is C31H31NOS. The van der Waals surface area contributed by atoms with Crippen LogP contribution in [0.15, 0.2) is 102 Å². The van der Waals surface area contributed by atoms with Crippen LogP contribution in [0.3, 0.4) is 0 Å². The molecule has 5 rings (SSSR count). The highest BCUT2D eigenvalue weighted by Gasteiger charge is 2.34. The predicted octanol–water partition coefficient (Wildman–Crippen LogP) is 8.26. The van der Waals surface area contributed by atoms with Crippen molar-refractivity contribution >= 4 is 17.4 Å². The van der Waals surface area contributed by atoms with Gasteiger partial charge in [0.15, 0.2) is 0 Å². The summed E-state index contributed by atoms with van der Waals surface area (Å²) in [5.41, 5.74) is 6.06. The summed E-state index contributed by atoms with van der Waals surface area (Å²) in [6.45, 7) is 8.93. The lowest BCUT2D eigenvalue weighted by molar-refractivity contribution is 0.445. The highest BCUT2D eigenvalue weighted by atomic mass is 32.2. The van der Waals surface area contributed by atoms with Crippen LogP contribution >= 0.6 is 11.8 Å². The van der Waals surface area contributed by atoms with Gasteiger partial charge in [0.1, 0.15) is 11.1 Å². The fourth-order valence-electron chi connectivity index (χ4n) is 4.85. The molecule has 0 radical (unpaired) electrons. The zero-order chi connectivity index (χ0) is 23.9. The summed E-state index contributed by atoms with van der Waals surface area (Å²) >= 11 is 1.76. The van der Waals surface area contributed by atoms with Crippen molar-refractivity contribution in [1.82, 2.24) is 0 Å². The molecule has 34 heavy (non-hydrogen) atoms. The van der Waals surface area contributed by atoms with E-state index in [0.29, 0.717) is 5.75 Å². The summed E-state index contributed by atoms with van der Waals surface area (Å²) in [4.78, 5) is 1.21. The molecule has 0 saturated carbocycles. The molecule has 172 valence electrons. The fraction of sp³-hybridized carbons (Fsp3) is 0.226. The van der Waals surface area contributed by atoms with Crippen LogP contribution in [0.2, 0.25) is 0 Å². The van der Waals surface area contributed by atoms with E-state index in [1.54, 1.807) is 11.8 Å². The van der Waals surface area contributed by atoms with Gasteiger partial charge in [0.05, 0.1) is 0 Å². The fourth-order valence-corrected chi connectivity index (χ4v) is 6.01. The standard InChI is InChI=1S/C31H31NOS/c1-30(2,21-13-7-5-8-14-21)23-19-24(29-32-26-17-11-12-18-27(26)34-29)28(33)25(20-23)31(3,4)22-15-9-6-10-16-22/h5-20,29,32-33H,1-4H3. The SMILES string of the molecule is CC(C)(c1ccccc1)c1cc(C2Nc3ccccc3S2)c(O)c(C(C)(C)c2ccccc2)c1. The molecule has 1 atom stereocenters. The molecule has 0 bridgehead atoms. The molecule has 3 heteroatoms. The first kappa shape index (κ1) is 22.6. The van der Waals surface area contributed by atoms with Gasteiger partial charge in [0.2, 0.25) is 0 Å². The molecule has 0 spiro atoms. The van der Waals surface area contributed by atoms with Gasteiger partial charge in [-0.2, -0.15) is 0 Å². The third-order valence-electron chi connectivity index (χ3n) is 7.23. The maximum absolute atomic E-state index is 11.7. The molecule has 1 unspecified atom stereocenters. The van der Waals surface area contributed by atoms with Crippen molar-refractivity contribution in [2.24, 2.45) is 0 Å². The number of fused-ring (bicyclic) bond motifs is 1. The van der Waals surface area contributed by atoms with Gasteiger partial charge in [0, 0.05) is 32.5 Å². The number of para-hydroxylation sites is 1. The maximum Gasteiger partial charge on any atom is 0.125 e. The predicted molar refractivity (Wildman–Crippen MR) is 144 cm³/mol. The second-order valence-electron chi connectivity index (χ2n) is 10.1. The molecule has 1 heterocycles. The van der Waals surface area contributed by atoms with E-state index in [-0.39, 0.29) is 16.2 Å². The molecule has 4 aromatic rings. The molecular weight excluding hydrogens is 434 g/mol. The van der Waals surface area contributed by atoms with E-state index in [1.807, 2.05) is 12.1 Å². The monoisotopic (exact) mass is 465 g/mol. The van der Waals surface area contributed by atoms with Gasteiger partial charge in [-0.1, -0.05) is 118 Å². The lowest BCUT2D eigenvalue weighted by atomic mass is 9.72. The first-order chi connectivity index (χ1) is 16.3. The summed E-state index contributed by atoms with van der Waals surface area (Å²) in [5, 5.41) is 15.3. The lowest BCUT2D eigenvalue weighted by Crippen LogP contribution is -2.24. The van der Waals surface area contributed by atoms with Crippen LogP contribution in [-0.2, 0) is 10.8 Å². The van der Waals surface area contributed by atoms with Crippen molar-refractivity contribution in [1.29, 1.82) is 0 Å². The Hall–Kier alpha value is -3.17. The number of anilines is 1. The van der Waals surface area contributed by atoms with E-state index < -0.39 is 0 Å². The van der Waals surface area contributed by atoms with Crippen LogP contribution in [0.4, 0.5) is 5.69 Å². The minimum Gasteiger partial charge on any atom is -0.507 e. The summed E-state index contributed by atoms with van der Waals surface area (Å²) in [7, 11) is 0. The van der Waals surface area contributed by atoms with Gasteiger partial charge in [-0.05, 0) is 34.9 Å². The largest absolute Gasteiger partial charge is 0.507 e. The first-order valence-electron chi connectivity index (χ1n) is 11.8. The van der Waals surface area contributed by atoms with E-state index in [0.717, 1.165) is 16.8 Å². The van der Waals surface area contributed by atoms with E-state index in [9.17, 15) is 5.11 Å². The van der Waals surface area contributed by atoms with Crippen molar-refractivity contribution in [3.05, 3.63) is 125 Å². The average Bonchev–Trinajstić information content (AvgIpc) is 3.29. The Morgan fingerprint density at radius 1 is 0.676 bits per heavy atom. The number of phenolic OH excluding ortho intramolecular Hbond substituents is 1. The van der Waals surface area contributed by atoms with Crippen LogP contribution in [0.1, 0.15) is 60.9 Å². The van der Waals surface area contributed by atoms with Crippen molar-refractivity contribution in [3.8, 4) is 5.75 Å². The maximum atomic E-state index is 11.7. The Labute approximate surface area is 207 Å². The number of phenols is 1. The van der Waals surface area contributed by atoms with E-state index >= 15 is 0 Å². The lowest BCUT2D eigenvalue weighted by Gasteiger charge is -2.33. The van der Waals surface area contributed by atoms with Crippen molar-refractivity contribution < 1.29 is 5.11 Å². The zero-order valence-corrected chi connectivity index (χ0v) is 21.0. The van der Waals surface area contributed by atoms with Gasteiger partial charge in [-0.15, -0.1) is 0 Å². The number of rotatable bonds is 5. The first-order valence-corrected chi connectivity index (χ1v) is 12.7. The Morgan fingerprint density at radius 2 is 1.24 bits per heavy atom. The molecule has 0 saturated heterocycles. The molecule has 0 aromatic heterocycles. The molecule has 1 aliphatic heterocycles. The van der Waals surface area contributed by atoms with E-state index in [2.05, 4.69) is 118 Å². The Bertz CT molecular complexity index is 1290. The van der Waals surface area contributed by atoms with Gasteiger partial charge >= 0.3 is 0 Å². The summed E-state index contributed by atoms with van der Waals surface area (Å²) in [5.74, 6) is 0.374. The topological polar surface area (TPSA) is 32.3 Å². The molecule has 1 aliphatic rings. The number of aromatic hydroxyl groups is 1. The Balaban J connectivity index is 1.69. The summed E-state index contributed by atoms with van der Waals surface area (Å²) in [6.07, 6.45) is 0. The second-order valence-corrected chi connectivity index (χ2v) is 11.2. The highest BCUT2D eigenvalue weighted by Crippen LogP contribution is 2.51. The van der Waals surface area contributed by atoms with E-state index in [1.165, 1.54) is 21.6 Å². The van der Waals surface area contributed by atoms with Gasteiger partial charge in [-0.25, -0.2) is 0 Å². The Morgan fingerprint density at radius 3 is 1.85 bits per heavy atom. The molecule has 2 nitrogen and oxygen atoms in total. The summed E-state index contributed by atoms with van der Waals surface area (Å²) in [6, 6.07) is 33.9. The van der Waals surface area contributed by atoms with Crippen LogP contribution in [0.5, 0.6) is 5.75 Å². The molecule has 2 N–H and O–H groups in total. The normalized spacial score (nSPS) is 15.6. The number of thioether (sulfide) groups is 1. The van der Waals surface area contributed by atoms with Crippen LogP contribution in [-0.4, -0.2) is 5.11 Å². The second kappa shape index (κ2) is 8.56. The van der Waals surface area contributed by atoms with Crippen LogP contribution in [0.25, 0.3) is 0 Å². The van der Waals surface area contributed by atoms with Gasteiger partial charge in [-0.3, -0.25) is 0 Å². The van der Waals surface area contributed by atoms with Crippen molar-refractivity contribution in [2.45, 2.75) is 48.8 Å². The smallest absolute Gasteiger partial charge is 0.125 e. The third-order valence-corrected chi connectivity index (χ3v) is 8.44. The molecule has 4 aromatic carbocycles.